The van der Waals surface area contributed by atoms with Crippen molar-refractivity contribution in [3.63, 3.8) is 0 Å². The van der Waals surface area contributed by atoms with Crippen molar-refractivity contribution in [2.24, 2.45) is 0 Å². The van der Waals surface area contributed by atoms with E-state index in [1.165, 1.54) is 0 Å². The quantitative estimate of drug-likeness (QED) is 0.573. The molecule has 0 aromatic heterocycles. The van der Waals surface area contributed by atoms with E-state index >= 15 is 0 Å². The zero-order valence-electron chi connectivity index (χ0n) is 6.62. The molecule has 3 heteroatoms. The summed E-state index contributed by atoms with van der Waals surface area (Å²) in [7, 11) is 0. The summed E-state index contributed by atoms with van der Waals surface area (Å²) in [4.78, 5) is 10.1. The summed E-state index contributed by atoms with van der Waals surface area (Å²) >= 11 is 0. The van der Waals surface area contributed by atoms with Crippen LogP contribution in [-0.2, 0) is 4.79 Å². The lowest BCUT2D eigenvalue weighted by Crippen LogP contribution is -2.12. The van der Waals surface area contributed by atoms with Gasteiger partial charge in [0.1, 0.15) is 0 Å². The third-order valence-electron chi connectivity index (χ3n) is 1.45. The molecule has 11 heavy (non-hydrogen) atoms. The molecular formula is C8H15O3. The van der Waals surface area contributed by atoms with Crippen molar-refractivity contribution in [2.45, 2.75) is 38.2 Å². The molecular weight excluding hydrogens is 144 g/mol. The van der Waals surface area contributed by atoms with Gasteiger partial charge in [-0.25, -0.2) is 0 Å². The second-order valence-electron chi connectivity index (χ2n) is 2.60. The largest absolute Gasteiger partial charge is 0.481 e. The van der Waals surface area contributed by atoms with Crippen LogP contribution in [0.5, 0.6) is 0 Å². The summed E-state index contributed by atoms with van der Waals surface area (Å²) in [6, 6.07) is 0. The maximum Gasteiger partial charge on any atom is 0.305 e. The summed E-state index contributed by atoms with van der Waals surface area (Å²) < 4.78 is 0. The van der Waals surface area contributed by atoms with Gasteiger partial charge in [0.15, 0.2) is 0 Å². The van der Waals surface area contributed by atoms with Crippen molar-refractivity contribution in [1.29, 1.82) is 0 Å². The highest BCUT2D eigenvalue weighted by atomic mass is 16.4. The number of hydrogen-bond acceptors (Lipinski definition) is 2. The molecule has 0 saturated heterocycles. The molecule has 0 bridgehead atoms. The molecule has 0 amide bonds. The lowest BCUT2D eigenvalue weighted by atomic mass is 10.1. The zero-order chi connectivity index (χ0) is 8.69. The number of aliphatic carboxylic acids is 1. The van der Waals surface area contributed by atoms with Crippen molar-refractivity contribution < 1.29 is 15.0 Å². The predicted octanol–water partition coefficient (Wildman–Crippen LogP) is 1.22. The SMILES string of the molecule is [CH2]CCCCC(O)CC(=O)O. The Morgan fingerprint density at radius 2 is 2.09 bits per heavy atom. The zero-order valence-corrected chi connectivity index (χ0v) is 6.62. The summed E-state index contributed by atoms with van der Waals surface area (Å²) in [6.45, 7) is 3.65. The fourth-order valence-corrected chi connectivity index (χ4v) is 0.860. The van der Waals surface area contributed by atoms with E-state index in [0.717, 1.165) is 19.3 Å². The number of hydrogen-bond donors (Lipinski definition) is 2. The van der Waals surface area contributed by atoms with E-state index in [2.05, 4.69) is 6.92 Å². The molecule has 0 aliphatic rings. The molecule has 1 radical (unpaired) electrons. The van der Waals surface area contributed by atoms with Gasteiger partial charge in [0, 0.05) is 0 Å². The molecule has 0 aliphatic heterocycles. The second kappa shape index (κ2) is 6.16. The predicted molar refractivity (Wildman–Crippen MR) is 42.1 cm³/mol. The van der Waals surface area contributed by atoms with E-state index in [0.29, 0.717) is 6.42 Å². The van der Waals surface area contributed by atoms with Crippen molar-refractivity contribution in [3.8, 4) is 0 Å². The normalized spacial score (nSPS) is 12.9. The fraction of sp³-hybridized carbons (Fsp3) is 0.750. The first kappa shape index (κ1) is 10.4. The molecule has 0 saturated carbocycles. The topological polar surface area (TPSA) is 57.5 Å². The average Bonchev–Trinajstić information content (AvgIpc) is 1.86. The maximum atomic E-state index is 10.1. The van der Waals surface area contributed by atoms with Crippen LogP contribution < -0.4 is 0 Å². The number of carboxylic acid groups (broad SMARTS) is 1. The van der Waals surface area contributed by atoms with Gasteiger partial charge in [-0.05, 0) is 6.42 Å². The van der Waals surface area contributed by atoms with Crippen LogP contribution in [0.2, 0.25) is 0 Å². The van der Waals surface area contributed by atoms with E-state index < -0.39 is 12.1 Å². The minimum Gasteiger partial charge on any atom is -0.481 e. The number of carbonyl (C=O) groups is 1. The van der Waals surface area contributed by atoms with Crippen molar-refractivity contribution in [3.05, 3.63) is 6.92 Å². The van der Waals surface area contributed by atoms with Crippen LogP contribution in [0.3, 0.4) is 0 Å². The van der Waals surface area contributed by atoms with E-state index in [-0.39, 0.29) is 6.42 Å². The molecule has 0 aromatic carbocycles. The van der Waals surface area contributed by atoms with E-state index in [1.807, 2.05) is 0 Å². The van der Waals surface area contributed by atoms with Gasteiger partial charge in [0.05, 0.1) is 12.5 Å². The molecule has 0 rings (SSSR count). The van der Waals surface area contributed by atoms with E-state index in [4.69, 9.17) is 10.2 Å². The summed E-state index contributed by atoms with van der Waals surface area (Å²) in [5, 5.41) is 17.3. The minimum atomic E-state index is -0.938. The first-order chi connectivity index (χ1) is 5.16. The Labute approximate surface area is 67.0 Å². The number of rotatable bonds is 6. The Morgan fingerprint density at radius 3 is 2.55 bits per heavy atom. The van der Waals surface area contributed by atoms with Crippen LogP contribution in [0.1, 0.15) is 32.1 Å². The highest BCUT2D eigenvalue weighted by Gasteiger charge is 2.07. The molecule has 0 aliphatic carbocycles. The fourth-order valence-electron chi connectivity index (χ4n) is 0.860. The van der Waals surface area contributed by atoms with Crippen LogP contribution >= 0.6 is 0 Å². The molecule has 0 aromatic rings. The van der Waals surface area contributed by atoms with Crippen LogP contribution in [-0.4, -0.2) is 22.3 Å². The standard InChI is InChI=1S/C8H15O3/c1-2-3-4-5-7(9)6-8(10)11/h7,9H,1-6H2,(H,10,11). The van der Waals surface area contributed by atoms with Crippen LogP contribution in [0, 0.1) is 6.92 Å². The second-order valence-corrected chi connectivity index (χ2v) is 2.60. The number of unbranched alkanes of at least 4 members (excludes halogenated alkanes) is 2. The molecule has 3 nitrogen and oxygen atoms in total. The molecule has 0 heterocycles. The highest BCUT2D eigenvalue weighted by molar-refractivity contribution is 5.67. The monoisotopic (exact) mass is 159 g/mol. The van der Waals surface area contributed by atoms with Gasteiger partial charge >= 0.3 is 5.97 Å². The average molecular weight is 159 g/mol. The summed E-state index contributed by atoms with van der Waals surface area (Å²) in [6.07, 6.45) is 2.41. The Kier molecular flexibility index (Phi) is 5.84. The molecule has 1 unspecified atom stereocenters. The first-order valence-electron chi connectivity index (χ1n) is 3.86. The molecule has 65 valence electrons. The van der Waals surface area contributed by atoms with E-state index in [9.17, 15) is 4.79 Å². The van der Waals surface area contributed by atoms with Gasteiger partial charge in [0.2, 0.25) is 0 Å². The van der Waals surface area contributed by atoms with Crippen LogP contribution in [0.25, 0.3) is 0 Å². The van der Waals surface area contributed by atoms with Gasteiger partial charge < -0.3 is 10.2 Å². The van der Waals surface area contributed by atoms with Gasteiger partial charge in [-0.15, -0.1) is 0 Å². The lowest BCUT2D eigenvalue weighted by Gasteiger charge is -2.05. The van der Waals surface area contributed by atoms with Crippen LogP contribution in [0.15, 0.2) is 0 Å². The van der Waals surface area contributed by atoms with Gasteiger partial charge in [-0.2, -0.15) is 0 Å². The minimum absolute atomic E-state index is 0.142. The maximum absolute atomic E-state index is 10.1. The number of carboxylic acids is 1. The Hall–Kier alpha value is -0.570. The smallest absolute Gasteiger partial charge is 0.305 e. The Balaban J connectivity index is 3.22. The third-order valence-corrected chi connectivity index (χ3v) is 1.45. The molecule has 0 spiro atoms. The van der Waals surface area contributed by atoms with Gasteiger partial charge in [-0.3, -0.25) is 4.79 Å². The number of aliphatic hydroxyl groups excluding tert-OH is 1. The summed E-state index contributed by atoms with van der Waals surface area (Å²) in [5.41, 5.74) is 0. The van der Waals surface area contributed by atoms with Crippen molar-refractivity contribution >= 4 is 5.97 Å². The van der Waals surface area contributed by atoms with Gasteiger partial charge in [0.25, 0.3) is 0 Å². The molecule has 0 fully saturated rings. The van der Waals surface area contributed by atoms with Gasteiger partial charge in [-0.1, -0.05) is 26.2 Å². The Bertz CT molecular complexity index is 112. The number of aliphatic hydroxyl groups is 1. The molecule has 2 N–H and O–H groups in total. The summed E-state index contributed by atoms with van der Waals surface area (Å²) in [5.74, 6) is -0.938. The van der Waals surface area contributed by atoms with Crippen molar-refractivity contribution in [2.75, 3.05) is 0 Å². The lowest BCUT2D eigenvalue weighted by molar-refractivity contribution is -0.139. The van der Waals surface area contributed by atoms with Crippen molar-refractivity contribution in [1.82, 2.24) is 0 Å². The first-order valence-corrected chi connectivity index (χ1v) is 3.86. The highest BCUT2D eigenvalue weighted by Crippen LogP contribution is 2.05. The molecule has 1 atom stereocenters. The Morgan fingerprint density at radius 1 is 1.45 bits per heavy atom. The third kappa shape index (κ3) is 7.33. The van der Waals surface area contributed by atoms with Crippen LogP contribution in [0.4, 0.5) is 0 Å². The van der Waals surface area contributed by atoms with E-state index in [1.54, 1.807) is 0 Å².